The van der Waals surface area contributed by atoms with Gasteiger partial charge in [-0.3, -0.25) is 0 Å². The lowest BCUT2D eigenvalue weighted by Gasteiger charge is -1.98. The van der Waals surface area contributed by atoms with Gasteiger partial charge in [-0.25, -0.2) is 0 Å². The number of rotatable bonds is 1. The van der Waals surface area contributed by atoms with E-state index in [0.717, 1.165) is 10.5 Å². The first kappa shape index (κ1) is 8.45. The van der Waals surface area contributed by atoms with Crippen molar-refractivity contribution < 1.29 is 0 Å². The summed E-state index contributed by atoms with van der Waals surface area (Å²) in [5.41, 5.74) is 0.917. The van der Waals surface area contributed by atoms with Gasteiger partial charge in [0, 0.05) is 9.92 Å². The van der Waals surface area contributed by atoms with Crippen molar-refractivity contribution in [2.75, 3.05) is 0 Å². The van der Waals surface area contributed by atoms with Gasteiger partial charge >= 0.3 is 0 Å². The summed E-state index contributed by atoms with van der Waals surface area (Å²) in [6.45, 7) is 0. The van der Waals surface area contributed by atoms with Crippen LogP contribution >= 0.6 is 24.2 Å². The molecule has 1 nitrogen and oxygen atoms in total. The van der Waals surface area contributed by atoms with E-state index in [9.17, 15) is 0 Å². The van der Waals surface area contributed by atoms with Gasteiger partial charge in [0.15, 0.2) is 0 Å². The number of thiol groups is 1. The van der Waals surface area contributed by atoms with Gasteiger partial charge in [0.1, 0.15) is 0 Å². The molecule has 11 heavy (non-hydrogen) atoms. The van der Waals surface area contributed by atoms with Gasteiger partial charge in [0.05, 0.1) is 12.5 Å². The third-order valence-corrected chi connectivity index (χ3v) is 1.97. The van der Waals surface area contributed by atoms with Gasteiger partial charge in [0.25, 0.3) is 0 Å². The number of nitrogens with zero attached hydrogens (tertiary/aromatic N) is 1. The average Bonchev–Trinajstić information content (AvgIpc) is 1.95. The summed E-state index contributed by atoms with van der Waals surface area (Å²) in [4.78, 5) is 0.777. The van der Waals surface area contributed by atoms with E-state index in [2.05, 4.69) is 18.7 Å². The quantitative estimate of drug-likeness (QED) is 0.665. The minimum atomic E-state index is 0.385. The van der Waals surface area contributed by atoms with Gasteiger partial charge in [0.2, 0.25) is 0 Å². The minimum Gasteiger partial charge on any atom is -0.198 e. The second-order valence-electron chi connectivity index (χ2n) is 2.11. The second kappa shape index (κ2) is 3.66. The van der Waals surface area contributed by atoms with E-state index in [-0.39, 0.29) is 0 Å². The molecule has 0 N–H and O–H groups in total. The van der Waals surface area contributed by atoms with Crippen molar-refractivity contribution in [3.05, 3.63) is 28.8 Å². The number of benzene rings is 1. The Bertz CT molecular complexity index is 303. The van der Waals surface area contributed by atoms with Crippen molar-refractivity contribution >= 4 is 24.2 Å². The standard InChI is InChI=1S/C8H6ClNS/c9-7-2-1-6(3-4-10)8(11)5-7/h1-2,5,11H,3H2. The van der Waals surface area contributed by atoms with E-state index in [0.29, 0.717) is 11.4 Å². The smallest absolute Gasteiger partial charge is 0.0670 e. The highest BCUT2D eigenvalue weighted by molar-refractivity contribution is 7.80. The molecule has 0 aromatic heterocycles. The minimum absolute atomic E-state index is 0.385. The summed E-state index contributed by atoms with van der Waals surface area (Å²) < 4.78 is 0. The highest BCUT2D eigenvalue weighted by Crippen LogP contribution is 2.19. The van der Waals surface area contributed by atoms with Gasteiger partial charge in [-0.1, -0.05) is 17.7 Å². The molecule has 56 valence electrons. The van der Waals surface area contributed by atoms with Crippen molar-refractivity contribution in [2.24, 2.45) is 0 Å². The van der Waals surface area contributed by atoms with Crippen LogP contribution in [0.5, 0.6) is 0 Å². The maximum Gasteiger partial charge on any atom is 0.0670 e. The van der Waals surface area contributed by atoms with Crippen LogP contribution in [0.2, 0.25) is 5.02 Å². The number of hydrogen-bond donors (Lipinski definition) is 1. The SMILES string of the molecule is N#CCc1ccc(Cl)cc1S. The van der Waals surface area contributed by atoms with Crippen LogP contribution in [-0.4, -0.2) is 0 Å². The van der Waals surface area contributed by atoms with E-state index in [4.69, 9.17) is 16.9 Å². The molecule has 0 radical (unpaired) electrons. The first-order valence-corrected chi connectivity index (χ1v) is 3.91. The van der Waals surface area contributed by atoms with Crippen LogP contribution in [0.4, 0.5) is 0 Å². The molecule has 1 aromatic rings. The molecule has 0 saturated carbocycles. The average molecular weight is 184 g/mol. The van der Waals surface area contributed by atoms with Crippen LogP contribution < -0.4 is 0 Å². The molecule has 0 aliphatic carbocycles. The Labute approximate surface area is 76.0 Å². The Morgan fingerprint density at radius 1 is 1.55 bits per heavy atom. The largest absolute Gasteiger partial charge is 0.198 e. The lowest BCUT2D eigenvalue weighted by atomic mass is 10.2. The fourth-order valence-electron chi connectivity index (χ4n) is 0.772. The van der Waals surface area contributed by atoms with Crippen LogP contribution in [0.1, 0.15) is 5.56 Å². The fourth-order valence-corrected chi connectivity index (χ4v) is 1.31. The van der Waals surface area contributed by atoms with Crippen molar-refractivity contribution in [1.29, 1.82) is 5.26 Å². The Hall–Kier alpha value is -0.650. The third-order valence-electron chi connectivity index (χ3n) is 1.32. The van der Waals surface area contributed by atoms with E-state index < -0.39 is 0 Å². The maximum absolute atomic E-state index is 8.40. The molecule has 0 aliphatic rings. The fraction of sp³-hybridized carbons (Fsp3) is 0.125. The first-order chi connectivity index (χ1) is 5.24. The zero-order chi connectivity index (χ0) is 8.27. The van der Waals surface area contributed by atoms with E-state index in [1.807, 2.05) is 6.07 Å². The molecule has 0 atom stereocenters. The summed E-state index contributed by atoms with van der Waals surface area (Å²) in [7, 11) is 0. The number of hydrogen-bond acceptors (Lipinski definition) is 2. The zero-order valence-corrected chi connectivity index (χ0v) is 7.36. The molecule has 0 aliphatic heterocycles. The predicted molar refractivity (Wildman–Crippen MR) is 48.0 cm³/mol. The Balaban J connectivity index is 3.01. The predicted octanol–water partition coefficient (Wildman–Crippen LogP) is 2.69. The first-order valence-electron chi connectivity index (χ1n) is 3.08. The van der Waals surface area contributed by atoms with Crippen LogP contribution in [0.15, 0.2) is 23.1 Å². The van der Waals surface area contributed by atoms with Crippen molar-refractivity contribution in [1.82, 2.24) is 0 Å². The second-order valence-corrected chi connectivity index (χ2v) is 3.03. The molecule has 0 saturated heterocycles. The summed E-state index contributed by atoms with van der Waals surface area (Å²) in [6.07, 6.45) is 0.385. The van der Waals surface area contributed by atoms with Gasteiger partial charge in [-0.05, 0) is 17.7 Å². The number of nitriles is 1. The Kier molecular flexibility index (Phi) is 2.81. The van der Waals surface area contributed by atoms with Gasteiger partial charge in [-0.2, -0.15) is 5.26 Å². The normalized spacial score (nSPS) is 9.18. The Morgan fingerprint density at radius 2 is 2.27 bits per heavy atom. The van der Waals surface area contributed by atoms with Crippen LogP contribution in [0, 0.1) is 11.3 Å². The molecule has 0 unspecified atom stereocenters. The molecular weight excluding hydrogens is 178 g/mol. The van der Waals surface area contributed by atoms with Crippen LogP contribution in [-0.2, 0) is 6.42 Å². The molecule has 1 aromatic carbocycles. The van der Waals surface area contributed by atoms with Crippen molar-refractivity contribution in [3.8, 4) is 6.07 Å². The molecule has 0 amide bonds. The van der Waals surface area contributed by atoms with E-state index in [1.54, 1.807) is 12.1 Å². The van der Waals surface area contributed by atoms with Gasteiger partial charge < -0.3 is 0 Å². The molecule has 0 bridgehead atoms. The molecule has 3 heteroatoms. The Morgan fingerprint density at radius 3 is 2.82 bits per heavy atom. The van der Waals surface area contributed by atoms with Gasteiger partial charge in [-0.15, -0.1) is 12.6 Å². The lowest BCUT2D eigenvalue weighted by Crippen LogP contribution is -1.82. The molecular formula is C8H6ClNS. The highest BCUT2D eigenvalue weighted by atomic mass is 35.5. The van der Waals surface area contributed by atoms with Crippen LogP contribution in [0.25, 0.3) is 0 Å². The highest BCUT2D eigenvalue weighted by Gasteiger charge is 1.97. The molecule has 0 heterocycles. The number of halogens is 1. The molecule has 0 fully saturated rings. The zero-order valence-electron chi connectivity index (χ0n) is 5.71. The maximum atomic E-state index is 8.40. The summed E-state index contributed by atoms with van der Waals surface area (Å²) >= 11 is 9.85. The monoisotopic (exact) mass is 183 g/mol. The van der Waals surface area contributed by atoms with Crippen molar-refractivity contribution in [2.45, 2.75) is 11.3 Å². The molecule has 1 rings (SSSR count). The lowest BCUT2D eigenvalue weighted by molar-refractivity contribution is 1.19. The van der Waals surface area contributed by atoms with Crippen molar-refractivity contribution in [3.63, 3.8) is 0 Å². The van der Waals surface area contributed by atoms with Crippen LogP contribution in [0.3, 0.4) is 0 Å². The molecule has 0 spiro atoms. The van der Waals surface area contributed by atoms with E-state index in [1.165, 1.54) is 0 Å². The summed E-state index contributed by atoms with van der Waals surface area (Å²) in [5.74, 6) is 0. The third kappa shape index (κ3) is 2.14. The van der Waals surface area contributed by atoms with E-state index >= 15 is 0 Å². The summed E-state index contributed by atoms with van der Waals surface area (Å²) in [5, 5.41) is 9.05. The topological polar surface area (TPSA) is 23.8 Å². The summed E-state index contributed by atoms with van der Waals surface area (Å²) in [6, 6.07) is 7.36.